The molecule has 118 valence electrons. The highest BCUT2D eigenvalue weighted by Gasteiger charge is 2.29. The van der Waals surface area contributed by atoms with Crippen LogP contribution in [-0.2, 0) is 10.0 Å². The summed E-state index contributed by atoms with van der Waals surface area (Å²) < 4.78 is 52.0. The van der Waals surface area contributed by atoms with Gasteiger partial charge in [0.15, 0.2) is 11.6 Å². The molecule has 22 heavy (non-hydrogen) atoms. The number of pyridine rings is 1. The Morgan fingerprint density at radius 3 is 2.41 bits per heavy atom. The lowest BCUT2D eigenvalue weighted by atomic mass is 10.00. The second-order valence-corrected chi connectivity index (χ2v) is 6.76. The summed E-state index contributed by atoms with van der Waals surface area (Å²) in [6.45, 7) is 1.88. The van der Waals surface area contributed by atoms with Gasteiger partial charge in [0.25, 0.3) is 0 Å². The Labute approximate surface area is 128 Å². The number of hydrogen-bond donors (Lipinski definition) is 0. The van der Waals surface area contributed by atoms with Crippen LogP contribution in [-0.4, -0.2) is 30.5 Å². The van der Waals surface area contributed by atoms with Crippen LogP contribution < -0.4 is 0 Å². The zero-order valence-electron chi connectivity index (χ0n) is 12.2. The maximum absolute atomic E-state index is 13.6. The summed E-state index contributed by atoms with van der Waals surface area (Å²) in [7, 11) is -3.54. The predicted molar refractivity (Wildman–Crippen MR) is 79.7 cm³/mol. The maximum Gasteiger partial charge on any atom is 0.212 e. The molecular weight excluding hydrogens is 310 g/mol. The first-order chi connectivity index (χ1) is 10.3. The van der Waals surface area contributed by atoms with Crippen LogP contribution in [0.5, 0.6) is 0 Å². The molecule has 0 spiro atoms. The van der Waals surface area contributed by atoms with Crippen molar-refractivity contribution in [3.8, 4) is 0 Å². The first-order valence-corrected chi connectivity index (χ1v) is 8.51. The summed E-state index contributed by atoms with van der Waals surface area (Å²) in [5.74, 6) is -1.99. The third kappa shape index (κ3) is 3.48. The molecule has 0 fully saturated rings. The van der Waals surface area contributed by atoms with E-state index in [0.717, 1.165) is 18.4 Å². The molecule has 0 aliphatic rings. The molecule has 0 saturated carbocycles. The van der Waals surface area contributed by atoms with Gasteiger partial charge in [0.05, 0.1) is 12.3 Å². The van der Waals surface area contributed by atoms with Crippen molar-refractivity contribution in [2.75, 3.05) is 12.8 Å². The quantitative estimate of drug-likeness (QED) is 0.849. The Bertz CT molecular complexity index is 751. The van der Waals surface area contributed by atoms with Crippen molar-refractivity contribution < 1.29 is 17.2 Å². The summed E-state index contributed by atoms with van der Waals surface area (Å²) in [6, 6.07) is 5.99. The molecule has 2 aromatic rings. The Balaban J connectivity index is 2.62. The third-order valence-corrected chi connectivity index (χ3v) is 4.61. The number of halogens is 2. The van der Waals surface area contributed by atoms with Gasteiger partial charge in [-0.25, -0.2) is 17.2 Å². The molecule has 0 radical (unpaired) electrons. The first kappa shape index (κ1) is 16.5. The first-order valence-electron chi connectivity index (χ1n) is 6.66. The highest BCUT2D eigenvalue weighted by Crippen LogP contribution is 2.30. The van der Waals surface area contributed by atoms with Crippen LogP contribution in [0, 0.1) is 11.6 Å². The lowest BCUT2D eigenvalue weighted by molar-refractivity contribution is 0.376. The van der Waals surface area contributed by atoms with Gasteiger partial charge < -0.3 is 0 Å². The van der Waals surface area contributed by atoms with Crippen molar-refractivity contribution in [3.63, 3.8) is 0 Å². The minimum atomic E-state index is -3.54. The van der Waals surface area contributed by atoms with E-state index in [-0.39, 0.29) is 6.54 Å². The van der Waals surface area contributed by atoms with Gasteiger partial charge in [-0.3, -0.25) is 4.98 Å². The van der Waals surface area contributed by atoms with E-state index in [9.17, 15) is 17.2 Å². The second-order valence-electron chi connectivity index (χ2n) is 4.83. The van der Waals surface area contributed by atoms with E-state index in [0.29, 0.717) is 11.1 Å². The van der Waals surface area contributed by atoms with Crippen molar-refractivity contribution in [1.29, 1.82) is 0 Å². The highest BCUT2D eigenvalue weighted by atomic mass is 32.2. The average molecular weight is 326 g/mol. The van der Waals surface area contributed by atoms with Crippen LogP contribution >= 0.6 is 0 Å². The molecule has 1 atom stereocenters. The smallest absolute Gasteiger partial charge is 0.212 e. The third-order valence-electron chi connectivity index (χ3n) is 3.29. The van der Waals surface area contributed by atoms with Crippen LogP contribution in [0.25, 0.3) is 0 Å². The van der Waals surface area contributed by atoms with Gasteiger partial charge in [-0.15, -0.1) is 0 Å². The molecule has 0 amide bonds. The van der Waals surface area contributed by atoms with Crippen LogP contribution in [0.1, 0.15) is 24.1 Å². The molecule has 1 heterocycles. The Hall–Kier alpha value is -1.86. The number of sulfonamides is 1. The summed E-state index contributed by atoms with van der Waals surface area (Å²) in [4.78, 5) is 3.98. The molecule has 0 aliphatic carbocycles. The molecule has 0 saturated heterocycles. The maximum atomic E-state index is 13.6. The minimum Gasteiger partial charge on any atom is -0.264 e. The number of aromatic nitrogens is 1. The summed E-state index contributed by atoms with van der Waals surface area (Å²) in [5.41, 5.74) is 0.931. The normalized spacial score (nSPS) is 13.3. The van der Waals surface area contributed by atoms with E-state index in [1.807, 2.05) is 0 Å². The lowest BCUT2D eigenvalue weighted by Gasteiger charge is -2.29. The molecule has 0 unspecified atom stereocenters. The Morgan fingerprint density at radius 2 is 1.91 bits per heavy atom. The molecule has 7 heteroatoms. The van der Waals surface area contributed by atoms with Crippen LogP contribution in [0.4, 0.5) is 8.78 Å². The lowest BCUT2D eigenvalue weighted by Crippen LogP contribution is -2.34. The van der Waals surface area contributed by atoms with Gasteiger partial charge in [-0.05, 0) is 29.3 Å². The zero-order valence-corrected chi connectivity index (χ0v) is 13.0. The van der Waals surface area contributed by atoms with E-state index in [1.54, 1.807) is 25.3 Å². The fraction of sp³-hybridized carbons (Fsp3) is 0.267. The van der Waals surface area contributed by atoms with E-state index in [2.05, 4.69) is 4.98 Å². The number of nitrogens with zero attached hydrogens (tertiary/aromatic N) is 2. The standard InChI is InChI=1S/C15H16F2N2O2S/c1-3-19(22(2,20)21)15(12-5-4-8-18-10-12)11-6-7-13(16)14(17)9-11/h4-10,15H,3H2,1-2H3/t15-/m1/s1. The Morgan fingerprint density at radius 1 is 1.18 bits per heavy atom. The van der Waals surface area contributed by atoms with Crippen LogP contribution in [0.2, 0.25) is 0 Å². The number of rotatable bonds is 5. The molecular formula is C15H16F2N2O2S. The van der Waals surface area contributed by atoms with Gasteiger partial charge in [0.1, 0.15) is 0 Å². The molecule has 1 aromatic carbocycles. The SMILES string of the molecule is CCN([C@@H](c1cccnc1)c1ccc(F)c(F)c1)S(C)(=O)=O. The molecule has 0 N–H and O–H groups in total. The topological polar surface area (TPSA) is 50.3 Å². The fourth-order valence-electron chi connectivity index (χ4n) is 2.35. The van der Waals surface area contributed by atoms with Crippen LogP contribution in [0.15, 0.2) is 42.7 Å². The molecule has 0 aliphatic heterocycles. The molecule has 2 rings (SSSR count). The summed E-state index contributed by atoms with van der Waals surface area (Å²) >= 11 is 0. The van der Waals surface area contributed by atoms with Gasteiger partial charge in [-0.1, -0.05) is 19.1 Å². The molecule has 0 bridgehead atoms. The minimum absolute atomic E-state index is 0.192. The zero-order chi connectivity index (χ0) is 16.3. The van der Waals surface area contributed by atoms with Gasteiger partial charge in [-0.2, -0.15) is 4.31 Å². The van der Waals surface area contributed by atoms with E-state index in [4.69, 9.17) is 0 Å². The van der Waals surface area contributed by atoms with Crippen molar-refractivity contribution in [1.82, 2.24) is 9.29 Å². The summed E-state index contributed by atoms with van der Waals surface area (Å²) in [6.07, 6.45) is 4.15. The van der Waals surface area contributed by atoms with Gasteiger partial charge in [0.2, 0.25) is 10.0 Å². The van der Waals surface area contributed by atoms with E-state index < -0.39 is 27.7 Å². The largest absolute Gasteiger partial charge is 0.264 e. The monoisotopic (exact) mass is 326 g/mol. The predicted octanol–water partition coefficient (Wildman–Crippen LogP) is 2.73. The van der Waals surface area contributed by atoms with Crippen LogP contribution in [0.3, 0.4) is 0 Å². The Kier molecular flexibility index (Phi) is 4.87. The van der Waals surface area contributed by atoms with Crippen molar-refractivity contribution in [3.05, 3.63) is 65.5 Å². The average Bonchev–Trinajstić information content (AvgIpc) is 2.47. The van der Waals surface area contributed by atoms with E-state index >= 15 is 0 Å². The number of benzene rings is 1. The highest BCUT2D eigenvalue weighted by molar-refractivity contribution is 7.88. The second kappa shape index (κ2) is 6.50. The van der Waals surface area contributed by atoms with Crippen molar-refractivity contribution in [2.45, 2.75) is 13.0 Å². The van der Waals surface area contributed by atoms with Crippen molar-refractivity contribution >= 4 is 10.0 Å². The summed E-state index contributed by atoms with van der Waals surface area (Å²) in [5, 5.41) is 0. The van der Waals surface area contributed by atoms with E-state index in [1.165, 1.54) is 16.6 Å². The van der Waals surface area contributed by atoms with Crippen molar-refractivity contribution in [2.24, 2.45) is 0 Å². The van der Waals surface area contributed by atoms with Gasteiger partial charge in [0, 0.05) is 18.9 Å². The molecule has 1 aromatic heterocycles. The number of hydrogen-bond acceptors (Lipinski definition) is 3. The molecule has 4 nitrogen and oxygen atoms in total. The van der Waals surface area contributed by atoms with Gasteiger partial charge >= 0.3 is 0 Å². The fourth-order valence-corrected chi connectivity index (χ4v) is 3.45.